The van der Waals surface area contributed by atoms with Gasteiger partial charge < -0.3 is 10.4 Å². The Kier molecular flexibility index (Phi) is 3.75. The minimum Gasteiger partial charge on any atom is -0.478 e. The molecule has 1 aliphatic heterocycles. The molecule has 2 rings (SSSR count). The topological polar surface area (TPSA) is 113 Å². The van der Waals surface area contributed by atoms with Gasteiger partial charge in [0.2, 0.25) is 0 Å². The number of pyridine rings is 1. The Morgan fingerprint density at radius 2 is 2.05 bits per heavy atom. The van der Waals surface area contributed by atoms with Crippen LogP contribution in [0.5, 0.6) is 0 Å². The third kappa shape index (κ3) is 3.38. The van der Waals surface area contributed by atoms with Crippen LogP contribution >= 0.6 is 0 Å². The average molecular weight is 312 g/mol. The van der Waals surface area contributed by atoms with Gasteiger partial charge in [0.05, 0.1) is 28.3 Å². The maximum atomic E-state index is 12.1. The van der Waals surface area contributed by atoms with Gasteiger partial charge in [0, 0.05) is 0 Å². The van der Waals surface area contributed by atoms with Crippen molar-refractivity contribution in [2.45, 2.75) is 25.8 Å². The Balaban J connectivity index is 2.18. The molecule has 0 spiro atoms. The van der Waals surface area contributed by atoms with Crippen LogP contribution in [0.3, 0.4) is 0 Å². The minimum absolute atomic E-state index is 0.0289. The molecule has 1 unspecified atom stereocenters. The fourth-order valence-corrected chi connectivity index (χ4v) is 4.45. The van der Waals surface area contributed by atoms with Gasteiger partial charge in [-0.1, -0.05) is 0 Å². The number of rotatable bonds is 3. The number of carbonyl (C=O) groups is 2. The Morgan fingerprint density at radius 3 is 2.52 bits per heavy atom. The predicted molar refractivity (Wildman–Crippen MR) is 75.1 cm³/mol. The second-order valence-corrected chi connectivity index (χ2v) is 7.68. The summed E-state index contributed by atoms with van der Waals surface area (Å²) in [5.74, 6) is -1.66. The number of aromatic carboxylic acids is 1. The van der Waals surface area contributed by atoms with Crippen molar-refractivity contribution < 1.29 is 23.1 Å². The van der Waals surface area contributed by atoms with Crippen molar-refractivity contribution in [2.75, 3.05) is 11.5 Å². The van der Waals surface area contributed by atoms with Crippen LogP contribution in [0.4, 0.5) is 0 Å². The van der Waals surface area contributed by atoms with Crippen LogP contribution in [-0.4, -0.2) is 47.4 Å². The van der Waals surface area contributed by atoms with Gasteiger partial charge in [-0.15, -0.1) is 0 Å². The molecule has 2 heterocycles. The van der Waals surface area contributed by atoms with E-state index in [0.29, 0.717) is 6.42 Å². The zero-order chi connectivity index (χ0) is 15.8. The van der Waals surface area contributed by atoms with Gasteiger partial charge in [-0.05, 0) is 32.4 Å². The number of hydrogen-bond acceptors (Lipinski definition) is 5. The van der Waals surface area contributed by atoms with Crippen LogP contribution in [-0.2, 0) is 9.84 Å². The number of nitrogens with zero attached hydrogens (tertiary/aromatic N) is 1. The van der Waals surface area contributed by atoms with Crippen LogP contribution in [0.25, 0.3) is 0 Å². The van der Waals surface area contributed by atoms with Gasteiger partial charge in [0.1, 0.15) is 5.69 Å². The number of hydrogen-bond donors (Lipinski definition) is 2. The van der Waals surface area contributed by atoms with Crippen LogP contribution in [0.15, 0.2) is 12.1 Å². The molecule has 1 amide bonds. The second kappa shape index (κ2) is 5.10. The third-order valence-corrected chi connectivity index (χ3v) is 5.37. The molecule has 8 heteroatoms. The maximum absolute atomic E-state index is 12.1. The Bertz CT molecular complexity index is 713. The molecule has 1 aliphatic rings. The zero-order valence-electron chi connectivity index (χ0n) is 11.7. The molecule has 1 fully saturated rings. The summed E-state index contributed by atoms with van der Waals surface area (Å²) < 4.78 is 23.0. The number of carboxylic acids is 1. The van der Waals surface area contributed by atoms with Crippen molar-refractivity contribution >= 4 is 21.7 Å². The van der Waals surface area contributed by atoms with E-state index in [0.717, 1.165) is 0 Å². The molecule has 0 bridgehead atoms. The molecule has 7 nitrogen and oxygen atoms in total. The molecule has 0 saturated carbocycles. The molecule has 1 saturated heterocycles. The fourth-order valence-electron chi connectivity index (χ4n) is 2.36. The summed E-state index contributed by atoms with van der Waals surface area (Å²) in [6.07, 6.45) is 0.354. The fraction of sp³-hybridized carbons (Fsp3) is 0.462. The molecule has 21 heavy (non-hydrogen) atoms. The first-order valence-corrected chi connectivity index (χ1v) is 8.18. The summed E-state index contributed by atoms with van der Waals surface area (Å²) in [6.45, 7) is 3.18. The van der Waals surface area contributed by atoms with Gasteiger partial charge in [0.15, 0.2) is 9.84 Å². The first-order chi connectivity index (χ1) is 9.62. The molecule has 0 aliphatic carbocycles. The molecule has 1 atom stereocenters. The molecule has 0 aromatic carbocycles. The Labute approximate surface area is 122 Å². The van der Waals surface area contributed by atoms with Crippen LogP contribution in [0.1, 0.15) is 39.9 Å². The lowest BCUT2D eigenvalue weighted by atomic mass is 10.0. The summed E-state index contributed by atoms with van der Waals surface area (Å²) in [5.41, 5.74) is -0.472. The van der Waals surface area contributed by atoms with E-state index >= 15 is 0 Å². The third-order valence-electron chi connectivity index (χ3n) is 3.47. The number of nitrogens with one attached hydrogen (secondary N) is 1. The Hall–Kier alpha value is -1.96. The standard InChI is InChI=1S/C13H16N2O5S/c1-8-9(12(17)18)3-4-10(14-8)11(16)15-13(2)5-6-21(19,20)7-13/h3-4H,5-7H2,1-2H3,(H,15,16)(H,17,18). The second-order valence-electron chi connectivity index (χ2n) is 5.49. The van der Waals surface area contributed by atoms with E-state index in [1.807, 2.05) is 0 Å². The van der Waals surface area contributed by atoms with Crippen molar-refractivity contribution in [2.24, 2.45) is 0 Å². The summed E-state index contributed by atoms with van der Waals surface area (Å²) >= 11 is 0. The van der Waals surface area contributed by atoms with Crippen LogP contribution in [0.2, 0.25) is 0 Å². The van der Waals surface area contributed by atoms with E-state index in [4.69, 9.17) is 5.11 Å². The van der Waals surface area contributed by atoms with Crippen molar-refractivity contribution in [3.8, 4) is 0 Å². The summed E-state index contributed by atoms with van der Waals surface area (Å²) in [5, 5.41) is 11.6. The van der Waals surface area contributed by atoms with E-state index in [2.05, 4.69) is 10.3 Å². The van der Waals surface area contributed by atoms with Gasteiger partial charge >= 0.3 is 5.97 Å². The number of amides is 1. The number of aryl methyl sites for hydroxylation is 1. The highest BCUT2D eigenvalue weighted by Crippen LogP contribution is 2.23. The van der Waals surface area contributed by atoms with Crippen molar-refractivity contribution in [1.82, 2.24) is 10.3 Å². The van der Waals surface area contributed by atoms with E-state index in [9.17, 15) is 18.0 Å². The largest absolute Gasteiger partial charge is 0.478 e. The minimum atomic E-state index is -3.12. The number of carboxylic acid groups (broad SMARTS) is 1. The lowest BCUT2D eigenvalue weighted by Crippen LogP contribution is -2.47. The lowest BCUT2D eigenvalue weighted by molar-refractivity contribution is 0.0694. The molecule has 1 aromatic heterocycles. The SMILES string of the molecule is Cc1nc(C(=O)NC2(C)CCS(=O)(=O)C2)ccc1C(=O)O. The highest BCUT2D eigenvalue weighted by Gasteiger charge is 2.39. The summed E-state index contributed by atoms with van der Waals surface area (Å²) in [6, 6.07) is 2.63. The van der Waals surface area contributed by atoms with Gasteiger partial charge in [-0.25, -0.2) is 18.2 Å². The van der Waals surface area contributed by atoms with E-state index < -0.39 is 27.3 Å². The van der Waals surface area contributed by atoms with Gasteiger partial charge in [-0.3, -0.25) is 4.79 Å². The average Bonchev–Trinajstić information content (AvgIpc) is 2.62. The number of carbonyl (C=O) groups excluding carboxylic acids is 1. The van der Waals surface area contributed by atoms with E-state index in [-0.39, 0.29) is 28.5 Å². The lowest BCUT2D eigenvalue weighted by Gasteiger charge is -2.23. The monoisotopic (exact) mass is 312 g/mol. The predicted octanol–water partition coefficient (Wildman–Crippen LogP) is 0.395. The van der Waals surface area contributed by atoms with Crippen LogP contribution in [0, 0.1) is 6.92 Å². The molecule has 2 N–H and O–H groups in total. The smallest absolute Gasteiger partial charge is 0.337 e. The molecular weight excluding hydrogens is 296 g/mol. The highest BCUT2D eigenvalue weighted by atomic mass is 32.2. The van der Waals surface area contributed by atoms with Gasteiger partial charge in [0.25, 0.3) is 5.91 Å². The zero-order valence-corrected chi connectivity index (χ0v) is 12.5. The highest BCUT2D eigenvalue weighted by molar-refractivity contribution is 7.91. The maximum Gasteiger partial charge on any atom is 0.337 e. The molecular formula is C13H16N2O5S. The van der Waals surface area contributed by atoms with Crippen molar-refractivity contribution in [3.63, 3.8) is 0 Å². The normalized spacial score (nSPS) is 23.7. The van der Waals surface area contributed by atoms with Crippen molar-refractivity contribution in [3.05, 3.63) is 29.1 Å². The summed E-state index contributed by atoms with van der Waals surface area (Å²) in [7, 11) is -3.12. The molecule has 1 aromatic rings. The Morgan fingerprint density at radius 1 is 1.38 bits per heavy atom. The van der Waals surface area contributed by atoms with E-state index in [1.54, 1.807) is 6.92 Å². The number of sulfone groups is 1. The first-order valence-electron chi connectivity index (χ1n) is 6.36. The van der Waals surface area contributed by atoms with Gasteiger partial charge in [-0.2, -0.15) is 0 Å². The molecule has 114 valence electrons. The first kappa shape index (κ1) is 15.4. The quantitative estimate of drug-likeness (QED) is 0.835. The van der Waals surface area contributed by atoms with E-state index in [1.165, 1.54) is 19.1 Å². The van der Waals surface area contributed by atoms with Crippen molar-refractivity contribution in [1.29, 1.82) is 0 Å². The molecule has 0 radical (unpaired) electrons. The van der Waals surface area contributed by atoms with Crippen LogP contribution < -0.4 is 5.32 Å². The summed E-state index contributed by atoms with van der Waals surface area (Å²) in [4.78, 5) is 27.0. The number of aromatic nitrogens is 1.